The lowest BCUT2D eigenvalue weighted by atomic mass is 9.86. The Morgan fingerprint density at radius 1 is 1.04 bits per heavy atom. The van der Waals surface area contributed by atoms with Gasteiger partial charge < -0.3 is 9.64 Å². The van der Waals surface area contributed by atoms with Crippen LogP contribution in [0.2, 0.25) is 0 Å². The standard InChI is InChI=1S/C17H29NO4S/c1-13-4-6-14(7-5-13)18(15-8-9-15)17(19)12-23(20,21)16-3-2-10-22-11-16/h13-16H,2-12H2,1H3. The van der Waals surface area contributed by atoms with Crippen LogP contribution in [0.15, 0.2) is 0 Å². The molecular formula is C17H29NO4S. The predicted octanol–water partition coefficient (Wildman–Crippen LogP) is 2.15. The van der Waals surface area contributed by atoms with Gasteiger partial charge in [-0.25, -0.2) is 8.42 Å². The van der Waals surface area contributed by atoms with E-state index < -0.39 is 15.1 Å². The molecule has 23 heavy (non-hydrogen) atoms. The van der Waals surface area contributed by atoms with E-state index in [-0.39, 0.29) is 24.3 Å². The summed E-state index contributed by atoms with van der Waals surface area (Å²) in [5, 5.41) is -0.493. The van der Waals surface area contributed by atoms with Crippen LogP contribution in [0.3, 0.4) is 0 Å². The van der Waals surface area contributed by atoms with Gasteiger partial charge in [0.1, 0.15) is 5.75 Å². The van der Waals surface area contributed by atoms with Crippen LogP contribution in [0.5, 0.6) is 0 Å². The molecule has 0 radical (unpaired) electrons. The third kappa shape index (κ3) is 4.27. The first-order valence-electron chi connectivity index (χ1n) is 9.08. The quantitative estimate of drug-likeness (QED) is 0.767. The zero-order valence-corrected chi connectivity index (χ0v) is 14.9. The monoisotopic (exact) mass is 343 g/mol. The van der Waals surface area contributed by atoms with Crippen molar-refractivity contribution in [1.82, 2.24) is 4.90 Å². The Hall–Kier alpha value is -0.620. The molecule has 1 heterocycles. The Labute approximate surface area is 139 Å². The molecule has 1 atom stereocenters. The largest absolute Gasteiger partial charge is 0.380 e. The SMILES string of the molecule is CC1CCC(N(C(=O)CS(=O)(=O)C2CCCOC2)C2CC2)CC1. The number of amides is 1. The van der Waals surface area contributed by atoms with Crippen molar-refractivity contribution < 1.29 is 17.9 Å². The maximum absolute atomic E-state index is 12.8. The zero-order valence-electron chi connectivity index (χ0n) is 14.1. The van der Waals surface area contributed by atoms with Crippen molar-refractivity contribution in [1.29, 1.82) is 0 Å². The lowest BCUT2D eigenvalue weighted by Crippen LogP contribution is -2.47. The first-order chi connectivity index (χ1) is 11.0. The highest BCUT2D eigenvalue weighted by Crippen LogP contribution is 2.35. The summed E-state index contributed by atoms with van der Waals surface area (Å²) in [7, 11) is -3.40. The molecule has 1 unspecified atom stereocenters. The average Bonchev–Trinajstić information content (AvgIpc) is 3.35. The molecule has 3 rings (SSSR count). The summed E-state index contributed by atoms with van der Waals surface area (Å²) in [6, 6.07) is 0.544. The molecule has 0 aromatic rings. The molecule has 3 aliphatic rings. The molecule has 2 saturated carbocycles. The molecule has 0 aromatic heterocycles. The maximum atomic E-state index is 12.8. The minimum Gasteiger partial charge on any atom is -0.380 e. The summed E-state index contributed by atoms with van der Waals surface area (Å²) in [5.41, 5.74) is 0. The fourth-order valence-electron chi connectivity index (χ4n) is 3.94. The Balaban J connectivity index is 1.64. The molecule has 132 valence electrons. The van der Waals surface area contributed by atoms with E-state index in [9.17, 15) is 13.2 Å². The number of hydrogen-bond acceptors (Lipinski definition) is 4. The summed E-state index contributed by atoms with van der Waals surface area (Å²) in [4.78, 5) is 14.7. The van der Waals surface area contributed by atoms with Gasteiger partial charge >= 0.3 is 0 Å². The van der Waals surface area contributed by atoms with Crippen LogP contribution in [-0.2, 0) is 19.4 Å². The van der Waals surface area contributed by atoms with Crippen LogP contribution in [0.1, 0.15) is 58.3 Å². The van der Waals surface area contributed by atoms with Gasteiger partial charge in [0.15, 0.2) is 9.84 Å². The number of sulfone groups is 1. The molecule has 0 spiro atoms. The van der Waals surface area contributed by atoms with E-state index in [0.717, 1.165) is 50.9 Å². The number of ether oxygens (including phenoxy) is 1. The van der Waals surface area contributed by atoms with Crippen LogP contribution in [-0.4, -0.2) is 55.5 Å². The van der Waals surface area contributed by atoms with Crippen LogP contribution in [0.25, 0.3) is 0 Å². The average molecular weight is 343 g/mol. The van der Waals surface area contributed by atoms with Crippen LogP contribution >= 0.6 is 0 Å². The normalized spacial score (nSPS) is 32.5. The number of carbonyl (C=O) groups is 1. The van der Waals surface area contributed by atoms with E-state index >= 15 is 0 Å². The lowest BCUT2D eigenvalue weighted by Gasteiger charge is -2.36. The summed E-state index contributed by atoms with van der Waals surface area (Å²) in [6.45, 7) is 3.14. The molecule has 1 amide bonds. The van der Waals surface area contributed by atoms with Gasteiger partial charge in [0.2, 0.25) is 5.91 Å². The van der Waals surface area contributed by atoms with Crippen molar-refractivity contribution in [3.8, 4) is 0 Å². The van der Waals surface area contributed by atoms with Crippen molar-refractivity contribution in [3.05, 3.63) is 0 Å². The number of rotatable bonds is 5. The van der Waals surface area contributed by atoms with Gasteiger partial charge in [0.05, 0.1) is 11.9 Å². The number of hydrogen-bond donors (Lipinski definition) is 0. The fraction of sp³-hybridized carbons (Fsp3) is 0.941. The molecule has 3 fully saturated rings. The third-order valence-electron chi connectivity index (χ3n) is 5.56. The van der Waals surface area contributed by atoms with Crippen LogP contribution in [0, 0.1) is 5.92 Å². The highest BCUT2D eigenvalue weighted by molar-refractivity contribution is 7.92. The van der Waals surface area contributed by atoms with E-state index in [0.29, 0.717) is 19.1 Å². The van der Waals surface area contributed by atoms with Gasteiger partial charge in [0, 0.05) is 18.7 Å². The third-order valence-corrected chi connectivity index (χ3v) is 7.59. The first-order valence-corrected chi connectivity index (χ1v) is 10.8. The number of nitrogens with zero attached hydrogens (tertiary/aromatic N) is 1. The smallest absolute Gasteiger partial charge is 0.238 e. The Kier molecular flexibility index (Phi) is 5.31. The highest BCUT2D eigenvalue weighted by atomic mass is 32.2. The van der Waals surface area contributed by atoms with E-state index in [1.54, 1.807) is 0 Å². The summed E-state index contributed by atoms with van der Waals surface area (Å²) >= 11 is 0. The van der Waals surface area contributed by atoms with Crippen molar-refractivity contribution in [2.45, 2.75) is 75.6 Å². The Morgan fingerprint density at radius 2 is 1.65 bits per heavy atom. The zero-order chi connectivity index (χ0) is 16.4. The van der Waals surface area contributed by atoms with Gasteiger partial charge in [0.25, 0.3) is 0 Å². The molecule has 5 nitrogen and oxygen atoms in total. The Bertz CT molecular complexity index is 515. The van der Waals surface area contributed by atoms with E-state index in [1.165, 1.54) is 0 Å². The Morgan fingerprint density at radius 3 is 2.17 bits per heavy atom. The summed E-state index contributed by atoms with van der Waals surface area (Å²) in [6.07, 6.45) is 7.79. The highest BCUT2D eigenvalue weighted by Gasteiger charge is 2.40. The van der Waals surface area contributed by atoms with Crippen molar-refractivity contribution in [3.63, 3.8) is 0 Å². The van der Waals surface area contributed by atoms with Gasteiger partial charge in [-0.15, -0.1) is 0 Å². The minimum atomic E-state index is -3.40. The lowest BCUT2D eigenvalue weighted by molar-refractivity contribution is -0.132. The molecule has 0 aromatic carbocycles. The van der Waals surface area contributed by atoms with Gasteiger partial charge in [-0.2, -0.15) is 0 Å². The fourth-order valence-corrected chi connectivity index (χ4v) is 5.50. The predicted molar refractivity (Wildman–Crippen MR) is 88.9 cm³/mol. The van der Waals surface area contributed by atoms with Crippen LogP contribution < -0.4 is 0 Å². The van der Waals surface area contributed by atoms with Crippen molar-refractivity contribution >= 4 is 15.7 Å². The van der Waals surface area contributed by atoms with Gasteiger partial charge in [-0.1, -0.05) is 6.92 Å². The summed E-state index contributed by atoms with van der Waals surface area (Å²) in [5.74, 6) is 0.229. The van der Waals surface area contributed by atoms with Crippen molar-refractivity contribution in [2.24, 2.45) is 5.92 Å². The van der Waals surface area contributed by atoms with E-state index in [4.69, 9.17) is 4.74 Å². The second kappa shape index (κ2) is 7.09. The molecule has 6 heteroatoms. The van der Waals surface area contributed by atoms with Crippen molar-refractivity contribution in [2.75, 3.05) is 19.0 Å². The second-order valence-electron chi connectivity index (χ2n) is 7.59. The van der Waals surface area contributed by atoms with Crippen LogP contribution in [0.4, 0.5) is 0 Å². The second-order valence-corrected chi connectivity index (χ2v) is 9.87. The molecule has 0 bridgehead atoms. The van der Waals surface area contributed by atoms with Gasteiger partial charge in [-0.05, 0) is 57.3 Å². The summed E-state index contributed by atoms with van der Waals surface area (Å²) < 4.78 is 30.4. The molecule has 0 N–H and O–H groups in total. The maximum Gasteiger partial charge on any atom is 0.238 e. The van der Waals surface area contributed by atoms with Gasteiger partial charge in [-0.3, -0.25) is 4.79 Å². The number of carbonyl (C=O) groups excluding carboxylic acids is 1. The molecule has 1 saturated heterocycles. The first kappa shape index (κ1) is 17.2. The van der Waals surface area contributed by atoms with E-state index in [2.05, 4.69) is 6.92 Å². The molecular weight excluding hydrogens is 314 g/mol. The van der Waals surface area contributed by atoms with E-state index in [1.807, 2.05) is 4.90 Å². The topological polar surface area (TPSA) is 63.7 Å². The molecule has 1 aliphatic heterocycles. The minimum absolute atomic E-state index is 0.169. The molecule has 2 aliphatic carbocycles.